The summed E-state index contributed by atoms with van der Waals surface area (Å²) in [5, 5.41) is 6.29. The first-order chi connectivity index (χ1) is 8.70. The first kappa shape index (κ1) is 13.1. The minimum atomic E-state index is 0.693. The normalized spacial score (nSPS) is 10.6. The van der Waals surface area contributed by atoms with E-state index in [4.69, 9.17) is 4.74 Å². The van der Waals surface area contributed by atoms with E-state index in [2.05, 4.69) is 47.7 Å². The fraction of sp³-hybridized carbons (Fsp3) is 0.357. The fourth-order valence-corrected chi connectivity index (χ4v) is 2.49. The number of rotatable bonds is 5. The van der Waals surface area contributed by atoms with Gasteiger partial charge in [0.05, 0.1) is 12.3 Å². The zero-order chi connectivity index (χ0) is 13.0. The number of aryl methyl sites for hydroxylation is 2. The minimum Gasteiger partial charge on any atom is -0.383 e. The molecule has 1 aromatic heterocycles. The Morgan fingerprint density at radius 2 is 2.17 bits per heavy atom. The zero-order valence-corrected chi connectivity index (χ0v) is 11.8. The van der Waals surface area contributed by atoms with E-state index in [-0.39, 0.29) is 0 Å². The lowest BCUT2D eigenvalue weighted by Gasteiger charge is -2.04. The third-order valence-corrected chi connectivity index (χ3v) is 3.56. The molecule has 0 saturated carbocycles. The van der Waals surface area contributed by atoms with Crippen LogP contribution in [0.5, 0.6) is 0 Å². The number of nitrogens with one attached hydrogen (secondary N) is 1. The molecule has 3 nitrogen and oxygen atoms in total. The molecular formula is C14H18N2OS. The summed E-state index contributed by atoms with van der Waals surface area (Å²) in [5.41, 5.74) is 4.78. The number of hydrogen-bond donors (Lipinski definition) is 1. The highest BCUT2D eigenvalue weighted by atomic mass is 32.1. The average Bonchev–Trinajstić information content (AvgIpc) is 2.81. The zero-order valence-electron chi connectivity index (χ0n) is 11.0. The van der Waals surface area contributed by atoms with Crippen molar-refractivity contribution in [3.8, 4) is 11.3 Å². The van der Waals surface area contributed by atoms with Crippen LogP contribution in [-0.2, 0) is 4.74 Å². The highest BCUT2D eigenvalue weighted by molar-refractivity contribution is 7.14. The number of nitrogens with zero attached hydrogens (tertiary/aromatic N) is 1. The summed E-state index contributed by atoms with van der Waals surface area (Å²) >= 11 is 1.63. The number of hydrogen-bond acceptors (Lipinski definition) is 4. The first-order valence-corrected chi connectivity index (χ1v) is 6.84. The standard InChI is InChI=1S/C14H18N2OS/c1-10-4-5-11(2)12(8-10)13-9-18-14(16-13)15-6-7-17-3/h4-5,8-9H,6-7H2,1-3H3,(H,15,16). The lowest BCUT2D eigenvalue weighted by Crippen LogP contribution is -2.07. The van der Waals surface area contributed by atoms with Crippen LogP contribution in [0.15, 0.2) is 23.6 Å². The second kappa shape index (κ2) is 5.98. The summed E-state index contributed by atoms with van der Waals surface area (Å²) < 4.78 is 5.00. The minimum absolute atomic E-state index is 0.693. The molecule has 0 atom stereocenters. The Balaban J connectivity index is 2.16. The third-order valence-electron chi connectivity index (χ3n) is 2.76. The van der Waals surface area contributed by atoms with E-state index in [1.807, 2.05) is 0 Å². The van der Waals surface area contributed by atoms with Crippen molar-refractivity contribution in [1.82, 2.24) is 4.98 Å². The van der Waals surface area contributed by atoms with E-state index in [0.717, 1.165) is 17.4 Å². The molecule has 0 aliphatic rings. The van der Waals surface area contributed by atoms with Crippen LogP contribution in [0.3, 0.4) is 0 Å². The SMILES string of the molecule is COCCNc1nc(-c2cc(C)ccc2C)cs1. The Morgan fingerprint density at radius 1 is 1.33 bits per heavy atom. The second-order valence-electron chi connectivity index (χ2n) is 4.28. The molecule has 96 valence electrons. The highest BCUT2D eigenvalue weighted by Gasteiger charge is 2.07. The number of thiazole rings is 1. The maximum absolute atomic E-state index is 5.00. The van der Waals surface area contributed by atoms with E-state index in [9.17, 15) is 0 Å². The predicted octanol–water partition coefficient (Wildman–Crippen LogP) is 3.49. The van der Waals surface area contributed by atoms with Gasteiger partial charge in [0.2, 0.25) is 0 Å². The van der Waals surface area contributed by atoms with Crippen LogP contribution in [0.2, 0.25) is 0 Å². The van der Waals surface area contributed by atoms with Gasteiger partial charge in [-0.3, -0.25) is 0 Å². The number of benzene rings is 1. The maximum atomic E-state index is 5.00. The number of aromatic nitrogens is 1. The van der Waals surface area contributed by atoms with Gasteiger partial charge in [0.1, 0.15) is 0 Å². The van der Waals surface area contributed by atoms with Gasteiger partial charge in [0.15, 0.2) is 5.13 Å². The van der Waals surface area contributed by atoms with Crippen molar-refractivity contribution in [3.05, 3.63) is 34.7 Å². The van der Waals surface area contributed by atoms with E-state index < -0.39 is 0 Å². The first-order valence-electron chi connectivity index (χ1n) is 5.96. The lowest BCUT2D eigenvalue weighted by molar-refractivity contribution is 0.211. The van der Waals surface area contributed by atoms with Gasteiger partial charge in [-0.2, -0.15) is 0 Å². The summed E-state index contributed by atoms with van der Waals surface area (Å²) in [6.45, 7) is 5.70. The predicted molar refractivity (Wildman–Crippen MR) is 77.4 cm³/mol. The number of anilines is 1. The van der Waals surface area contributed by atoms with Crippen molar-refractivity contribution in [3.63, 3.8) is 0 Å². The van der Waals surface area contributed by atoms with Gasteiger partial charge < -0.3 is 10.1 Å². The van der Waals surface area contributed by atoms with Crippen molar-refractivity contribution in [2.45, 2.75) is 13.8 Å². The molecule has 4 heteroatoms. The van der Waals surface area contributed by atoms with Gasteiger partial charge in [-0.1, -0.05) is 17.7 Å². The Bertz CT molecular complexity index is 522. The molecule has 1 heterocycles. The molecule has 1 aromatic carbocycles. The molecule has 1 N–H and O–H groups in total. The van der Waals surface area contributed by atoms with Gasteiger partial charge in [0, 0.05) is 24.6 Å². The molecule has 0 fully saturated rings. The molecule has 2 aromatic rings. The summed E-state index contributed by atoms with van der Waals surface area (Å²) in [6, 6.07) is 6.45. The molecule has 18 heavy (non-hydrogen) atoms. The molecular weight excluding hydrogens is 244 g/mol. The van der Waals surface area contributed by atoms with Crippen LogP contribution >= 0.6 is 11.3 Å². The van der Waals surface area contributed by atoms with Crippen LogP contribution in [-0.4, -0.2) is 25.2 Å². The van der Waals surface area contributed by atoms with Crippen molar-refractivity contribution < 1.29 is 4.74 Å². The third kappa shape index (κ3) is 3.09. The van der Waals surface area contributed by atoms with Crippen LogP contribution in [0, 0.1) is 13.8 Å². The Kier molecular flexibility index (Phi) is 4.33. The molecule has 0 spiro atoms. The molecule has 0 aliphatic carbocycles. The molecule has 0 bridgehead atoms. The number of ether oxygens (including phenoxy) is 1. The summed E-state index contributed by atoms with van der Waals surface area (Å²) in [6.07, 6.45) is 0. The van der Waals surface area contributed by atoms with Crippen molar-refractivity contribution in [2.24, 2.45) is 0 Å². The smallest absolute Gasteiger partial charge is 0.183 e. The van der Waals surface area contributed by atoms with Crippen LogP contribution < -0.4 is 5.32 Å². The van der Waals surface area contributed by atoms with Gasteiger partial charge >= 0.3 is 0 Å². The quantitative estimate of drug-likeness (QED) is 0.838. The molecule has 0 radical (unpaired) electrons. The van der Waals surface area contributed by atoms with Crippen LogP contribution in [0.25, 0.3) is 11.3 Å². The molecule has 0 amide bonds. The van der Waals surface area contributed by atoms with Crippen molar-refractivity contribution >= 4 is 16.5 Å². The largest absolute Gasteiger partial charge is 0.383 e. The lowest BCUT2D eigenvalue weighted by atomic mass is 10.0. The monoisotopic (exact) mass is 262 g/mol. The molecule has 2 rings (SSSR count). The maximum Gasteiger partial charge on any atom is 0.183 e. The van der Waals surface area contributed by atoms with Crippen LogP contribution in [0.1, 0.15) is 11.1 Å². The Morgan fingerprint density at radius 3 is 2.94 bits per heavy atom. The average molecular weight is 262 g/mol. The molecule has 0 unspecified atom stereocenters. The van der Waals surface area contributed by atoms with Gasteiger partial charge in [-0.25, -0.2) is 4.98 Å². The van der Waals surface area contributed by atoms with Crippen molar-refractivity contribution in [1.29, 1.82) is 0 Å². The van der Waals surface area contributed by atoms with Crippen LogP contribution in [0.4, 0.5) is 5.13 Å². The van der Waals surface area contributed by atoms with E-state index in [0.29, 0.717) is 6.61 Å². The second-order valence-corrected chi connectivity index (χ2v) is 5.13. The topological polar surface area (TPSA) is 34.1 Å². The fourth-order valence-electron chi connectivity index (χ4n) is 1.75. The van der Waals surface area contributed by atoms with E-state index in [1.54, 1.807) is 18.4 Å². The van der Waals surface area contributed by atoms with Gasteiger partial charge in [-0.05, 0) is 25.5 Å². The molecule has 0 aliphatic heterocycles. The number of methoxy groups -OCH3 is 1. The summed E-state index contributed by atoms with van der Waals surface area (Å²) in [7, 11) is 1.70. The van der Waals surface area contributed by atoms with E-state index >= 15 is 0 Å². The molecule has 0 saturated heterocycles. The van der Waals surface area contributed by atoms with Gasteiger partial charge in [-0.15, -0.1) is 11.3 Å². The van der Waals surface area contributed by atoms with Crippen molar-refractivity contribution in [2.75, 3.05) is 25.6 Å². The summed E-state index contributed by atoms with van der Waals surface area (Å²) in [4.78, 5) is 4.61. The summed E-state index contributed by atoms with van der Waals surface area (Å²) in [5.74, 6) is 0. The van der Waals surface area contributed by atoms with Gasteiger partial charge in [0.25, 0.3) is 0 Å². The Hall–Kier alpha value is -1.39. The highest BCUT2D eigenvalue weighted by Crippen LogP contribution is 2.28. The van der Waals surface area contributed by atoms with E-state index in [1.165, 1.54) is 16.7 Å². The Labute approximate surface area is 112 Å².